The topological polar surface area (TPSA) is 85.2 Å². The van der Waals surface area contributed by atoms with Gasteiger partial charge in [-0.2, -0.15) is 0 Å². The predicted molar refractivity (Wildman–Crippen MR) is 63.4 cm³/mol. The van der Waals surface area contributed by atoms with Crippen LogP contribution in [-0.4, -0.2) is 32.6 Å². The summed E-state index contributed by atoms with van der Waals surface area (Å²) in [4.78, 5) is 22.8. The highest BCUT2D eigenvalue weighted by Gasteiger charge is 2.12. The smallest absolute Gasteiger partial charge is 0.356 e. The Kier molecular flexibility index (Phi) is 3.47. The molecule has 0 amide bonds. The van der Waals surface area contributed by atoms with Gasteiger partial charge in [-0.3, -0.25) is 4.98 Å². The molecule has 0 aliphatic carbocycles. The molecule has 0 aliphatic heterocycles. The lowest BCUT2D eigenvalue weighted by atomic mass is 10.2. The van der Waals surface area contributed by atoms with E-state index in [1.165, 1.54) is 12.4 Å². The molecule has 0 saturated heterocycles. The fourth-order valence-electron chi connectivity index (χ4n) is 1.44. The van der Waals surface area contributed by atoms with E-state index in [1.54, 1.807) is 18.3 Å². The van der Waals surface area contributed by atoms with E-state index in [0.717, 1.165) is 0 Å². The average Bonchev–Trinajstić information content (AvgIpc) is 2.40. The van der Waals surface area contributed by atoms with E-state index < -0.39 is 5.97 Å². The number of rotatable bonds is 4. The first-order valence-corrected chi connectivity index (χ1v) is 5.36. The fourth-order valence-corrected chi connectivity index (χ4v) is 1.44. The number of pyridine rings is 1. The van der Waals surface area contributed by atoms with Gasteiger partial charge in [0.2, 0.25) is 5.88 Å². The Morgan fingerprint density at radius 1 is 1.44 bits per heavy atom. The Hall–Kier alpha value is -2.50. The molecule has 18 heavy (non-hydrogen) atoms. The van der Waals surface area contributed by atoms with E-state index in [4.69, 9.17) is 9.84 Å². The van der Waals surface area contributed by atoms with Crippen molar-refractivity contribution in [3.63, 3.8) is 0 Å². The van der Waals surface area contributed by atoms with Crippen LogP contribution in [0.3, 0.4) is 0 Å². The lowest BCUT2D eigenvalue weighted by Gasteiger charge is -2.07. The third-order valence-electron chi connectivity index (χ3n) is 2.18. The maximum absolute atomic E-state index is 10.8. The van der Waals surface area contributed by atoms with Crippen LogP contribution in [0.4, 0.5) is 0 Å². The zero-order valence-corrected chi connectivity index (χ0v) is 9.70. The summed E-state index contributed by atoms with van der Waals surface area (Å²) >= 11 is 0. The second-order valence-corrected chi connectivity index (χ2v) is 3.38. The van der Waals surface area contributed by atoms with Crippen molar-refractivity contribution in [3.8, 4) is 17.1 Å². The van der Waals surface area contributed by atoms with Crippen molar-refractivity contribution in [2.45, 2.75) is 6.92 Å². The quantitative estimate of drug-likeness (QED) is 0.881. The number of carbonyl (C=O) groups is 1. The number of hydrogen-bond acceptors (Lipinski definition) is 5. The first kappa shape index (κ1) is 12.0. The Balaban J connectivity index is 2.48. The van der Waals surface area contributed by atoms with Gasteiger partial charge < -0.3 is 9.84 Å². The minimum absolute atomic E-state index is 0.112. The molecule has 2 heterocycles. The third-order valence-corrected chi connectivity index (χ3v) is 2.18. The fraction of sp³-hybridized carbons (Fsp3) is 0.167. The van der Waals surface area contributed by atoms with Crippen molar-refractivity contribution in [2.75, 3.05) is 6.61 Å². The van der Waals surface area contributed by atoms with Crippen LogP contribution in [0.15, 0.2) is 30.7 Å². The Labute approximate surface area is 103 Å². The molecular weight excluding hydrogens is 234 g/mol. The number of carboxylic acid groups (broad SMARTS) is 1. The van der Waals surface area contributed by atoms with Crippen molar-refractivity contribution in [3.05, 3.63) is 36.4 Å². The van der Waals surface area contributed by atoms with E-state index in [2.05, 4.69) is 15.0 Å². The minimum atomic E-state index is -1.12. The van der Waals surface area contributed by atoms with Gasteiger partial charge in [-0.1, -0.05) is 0 Å². The van der Waals surface area contributed by atoms with E-state index in [-0.39, 0.29) is 5.69 Å². The normalized spacial score (nSPS) is 10.1. The Morgan fingerprint density at radius 2 is 2.28 bits per heavy atom. The molecule has 92 valence electrons. The van der Waals surface area contributed by atoms with Crippen LogP contribution in [0.25, 0.3) is 11.3 Å². The Morgan fingerprint density at radius 3 is 3.00 bits per heavy atom. The molecule has 0 unspecified atom stereocenters. The van der Waals surface area contributed by atoms with Crippen LogP contribution in [-0.2, 0) is 0 Å². The molecule has 0 aliphatic rings. The molecule has 2 aromatic rings. The number of aromatic carboxylic acids is 1. The lowest BCUT2D eigenvalue weighted by molar-refractivity contribution is 0.0690. The summed E-state index contributed by atoms with van der Waals surface area (Å²) in [6.45, 7) is 2.31. The Bertz CT molecular complexity index is 572. The zero-order chi connectivity index (χ0) is 13.0. The highest BCUT2D eigenvalue weighted by atomic mass is 16.5. The molecule has 0 radical (unpaired) electrons. The molecule has 2 rings (SSSR count). The monoisotopic (exact) mass is 245 g/mol. The standard InChI is InChI=1S/C12H11N3O3/c1-2-18-11-8(4-3-5-14-11)9-6-13-7-10(15-9)12(16)17/h3-7H,2H2,1H3,(H,16,17). The second kappa shape index (κ2) is 5.22. The molecular formula is C12H11N3O3. The summed E-state index contributed by atoms with van der Waals surface area (Å²) in [6, 6.07) is 3.49. The number of ether oxygens (including phenoxy) is 1. The summed E-state index contributed by atoms with van der Waals surface area (Å²) in [5.74, 6) is -0.706. The molecule has 1 N–H and O–H groups in total. The maximum Gasteiger partial charge on any atom is 0.356 e. The van der Waals surface area contributed by atoms with Gasteiger partial charge in [0, 0.05) is 6.20 Å². The van der Waals surface area contributed by atoms with Crippen LogP contribution in [0.5, 0.6) is 5.88 Å². The molecule has 2 aromatic heterocycles. The third kappa shape index (κ3) is 2.42. The van der Waals surface area contributed by atoms with Crippen LogP contribution < -0.4 is 4.74 Å². The minimum Gasteiger partial charge on any atom is -0.477 e. The first-order chi connectivity index (χ1) is 8.72. The number of hydrogen-bond donors (Lipinski definition) is 1. The largest absolute Gasteiger partial charge is 0.477 e. The summed E-state index contributed by atoms with van der Waals surface area (Å²) in [5.41, 5.74) is 0.931. The number of carboxylic acids is 1. The van der Waals surface area contributed by atoms with E-state index in [0.29, 0.717) is 23.7 Å². The zero-order valence-electron chi connectivity index (χ0n) is 9.70. The summed E-state index contributed by atoms with van der Waals surface area (Å²) in [7, 11) is 0. The molecule has 0 bridgehead atoms. The highest BCUT2D eigenvalue weighted by Crippen LogP contribution is 2.25. The van der Waals surface area contributed by atoms with Gasteiger partial charge in [-0.05, 0) is 19.1 Å². The average molecular weight is 245 g/mol. The van der Waals surface area contributed by atoms with Gasteiger partial charge in [0.1, 0.15) is 0 Å². The van der Waals surface area contributed by atoms with Crippen LogP contribution in [0, 0.1) is 0 Å². The van der Waals surface area contributed by atoms with Crippen LogP contribution in [0.1, 0.15) is 17.4 Å². The van der Waals surface area contributed by atoms with Gasteiger partial charge in [0.05, 0.1) is 30.3 Å². The van der Waals surface area contributed by atoms with E-state index >= 15 is 0 Å². The van der Waals surface area contributed by atoms with Crippen molar-refractivity contribution < 1.29 is 14.6 Å². The summed E-state index contributed by atoms with van der Waals surface area (Å²) in [5, 5.41) is 8.88. The van der Waals surface area contributed by atoms with Gasteiger partial charge in [0.15, 0.2) is 5.69 Å². The molecule has 0 saturated carbocycles. The number of aromatic nitrogens is 3. The van der Waals surface area contributed by atoms with Crippen molar-refractivity contribution in [1.29, 1.82) is 0 Å². The highest BCUT2D eigenvalue weighted by molar-refractivity contribution is 5.85. The lowest BCUT2D eigenvalue weighted by Crippen LogP contribution is -2.03. The number of nitrogens with zero attached hydrogens (tertiary/aromatic N) is 3. The van der Waals surface area contributed by atoms with Crippen molar-refractivity contribution in [2.24, 2.45) is 0 Å². The SMILES string of the molecule is CCOc1ncccc1-c1cncc(C(=O)O)n1. The van der Waals surface area contributed by atoms with Gasteiger partial charge in [-0.25, -0.2) is 14.8 Å². The van der Waals surface area contributed by atoms with Crippen LogP contribution >= 0.6 is 0 Å². The maximum atomic E-state index is 10.8. The summed E-state index contributed by atoms with van der Waals surface area (Å²) in [6.07, 6.45) is 4.28. The molecule has 0 spiro atoms. The molecule has 6 nitrogen and oxygen atoms in total. The molecule has 0 fully saturated rings. The summed E-state index contributed by atoms with van der Waals surface area (Å²) < 4.78 is 5.37. The molecule has 0 atom stereocenters. The first-order valence-electron chi connectivity index (χ1n) is 5.36. The molecule has 6 heteroatoms. The predicted octanol–water partition coefficient (Wildman–Crippen LogP) is 1.64. The molecule has 0 aromatic carbocycles. The van der Waals surface area contributed by atoms with Crippen molar-refractivity contribution in [1.82, 2.24) is 15.0 Å². The second-order valence-electron chi connectivity index (χ2n) is 3.38. The van der Waals surface area contributed by atoms with Crippen molar-refractivity contribution >= 4 is 5.97 Å². The van der Waals surface area contributed by atoms with E-state index in [9.17, 15) is 4.79 Å². The van der Waals surface area contributed by atoms with Crippen LogP contribution in [0.2, 0.25) is 0 Å². The van der Waals surface area contributed by atoms with Gasteiger partial charge in [0.25, 0.3) is 0 Å². The van der Waals surface area contributed by atoms with E-state index in [1.807, 2.05) is 6.92 Å². The van der Waals surface area contributed by atoms with Gasteiger partial charge in [-0.15, -0.1) is 0 Å². The van der Waals surface area contributed by atoms with Gasteiger partial charge >= 0.3 is 5.97 Å².